The second kappa shape index (κ2) is 4.92. The Morgan fingerprint density at radius 2 is 2.38 bits per heavy atom. The quantitative estimate of drug-likeness (QED) is 0.609. The van der Waals surface area contributed by atoms with Crippen molar-refractivity contribution < 1.29 is 9.53 Å². The zero-order valence-corrected chi connectivity index (χ0v) is 10.6. The van der Waals surface area contributed by atoms with E-state index in [1.165, 1.54) is 26.4 Å². The van der Waals surface area contributed by atoms with Crippen molar-refractivity contribution >= 4 is 17.6 Å². The maximum Gasteiger partial charge on any atom is 0.326 e. The molecular weight excluding hydrogens is 226 g/mol. The van der Waals surface area contributed by atoms with Crippen molar-refractivity contribution in [3.05, 3.63) is 0 Å². The first-order chi connectivity index (χ1) is 7.72. The summed E-state index contributed by atoms with van der Waals surface area (Å²) in [6.45, 7) is 0. The first-order valence-corrected chi connectivity index (χ1v) is 6.67. The fourth-order valence-electron chi connectivity index (χ4n) is 3.32. The van der Waals surface area contributed by atoms with Crippen LogP contribution < -0.4 is 5.32 Å². The van der Waals surface area contributed by atoms with Gasteiger partial charge in [0.15, 0.2) is 0 Å². The van der Waals surface area contributed by atoms with E-state index in [-0.39, 0.29) is 5.97 Å². The number of carbonyl (C=O) groups excluding carboxylic acids is 1. The van der Waals surface area contributed by atoms with Crippen LogP contribution in [-0.4, -0.2) is 30.5 Å². The Morgan fingerprint density at radius 3 is 3.00 bits per heavy atom. The minimum Gasteiger partial charge on any atom is -0.468 e. The summed E-state index contributed by atoms with van der Waals surface area (Å²) in [4.78, 5) is 11.9. The van der Waals surface area contributed by atoms with Gasteiger partial charge >= 0.3 is 5.97 Å². The minimum absolute atomic E-state index is 0.105. The number of fused-ring (bicyclic) bond motifs is 1. The summed E-state index contributed by atoms with van der Waals surface area (Å²) in [7, 11) is 1.47. The van der Waals surface area contributed by atoms with Gasteiger partial charge in [-0.15, -0.1) is 11.6 Å². The highest BCUT2D eigenvalue weighted by molar-refractivity contribution is 6.17. The molecule has 3 nitrogen and oxygen atoms in total. The lowest BCUT2D eigenvalue weighted by atomic mass is 9.87. The lowest BCUT2D eigenvalue weighted by Crippen LogP contribution is -2.50. The summed E-state index contributed by atoms with van der Waals surface area (Å²) >= 11 is 5.73. The van der Waals surface area contributed by atoms with Gasteiger partial charge < -0.3 is 4.74 Å². The van der Waals surface area contributed by atoms with Crippen molar-refractivity contribution in [3.63, 3.8) is 0 Å². The van der Waals surface area contributed by atoms with E-state index >= 15 is 0 Å². The first-order valence-electron chi connectivity index (χ1n) is 6.14. The van der Waals surface area contributed by atoms with Gasteiger partial charge in [-0.2, -0.15) is 0 Å². The molecule has 0 unspecified atom stereocenters. The molecule has 2 aliphatic rings. The third kappa shape index (κ3) is 2.07. The Labute approximate surface area is 102 Å². The largest absolute Gasteiger partial charge is 0.468 e. The maximum atomic E-state index is 11.9. The lowest BCUT2D eigenvalue weighted by Gasteiger charge is -2.27. The van der Waals surface area contributed by atoms with Crippen LogP contribution in [0.25, 0.3) is 0 Å². The van der Waals surface area contributed by atoms with E-state index in [0.717, 1.165) is 19.3 Å². The van der Waals surface area contributed by atoms with Crippen molar-refractivity contribution in [2.75, 3.05) is 13.0 Å². The summed E-state index contributed by atoms with van der Waals surface area (Å²) < 4.78 is 4.96. The molecule has 1 saturated carbocycles. The van der Waals surface area contributed by atoms with E-state index in [9.17, 15) is 4.79 Å². The number of alkyl halides is 1. The normalized spacial score (nSPS) is 37.4. The van der Waals surface area contributed by atoms with Gasteiger partial charge in [0, 0.05) is 11.9 Å². The topological polar surface area (TPSA) is 38.3 Å². The van der Waals surface area contributed by atoms with E-state index < -0.39 is 5.54 Å². The Morgan fingerprint density at radius 1 is 1.56 bits per heavy atom. The third-order valence-corrected chi connectivity index (χ3v) is 4.31. The number of hydrogen-bond acceptors (Lipinski definition) is 3. The summed E-state index contributed by atoms with van der Waals surface area (Å²) in [5.41, 5.74) is -0.445. The van der Waals surface area contributed by atoms with Crippen molar-refractivity contribution in [2.45, 2.75) is 50.1 Å². The van der Waals surface area contributed by atoms with E-state index in [1.807, 2.05) is 0 Å². The van der Waals surface area contributed by atoms with E-state index in [1.54, 1.807) is 0 Å². The van der Waals surface area contributed by atoms with Crippen LogP contribution in [0.15, 0.2) is 0 Å². The molecule has 4 heteroatoms. The van der Waals surface area contributed by atoms with Gasteiger partial charge in [0.2, 0.25) is 0 Å². The minimum atomic E-state index is -0.445. The maximum absolute atomic E-state index is 11.9. The fourth-order valence-corrected chi connectivity index (χ4v) is 3.45. The predicted molar refractivity (Wildman–Crippen MR) is 63.6 cm³/mol. The molecule has 0 amide bonds. The SMILES string of the molecule is COC(=O)[C@]1(CCCCl)C[C@H]2CCC[C@H]2N1. The number of ether oxygens (including phenoxy) is 1. The van der Waals surface area contributed by atoms with Gasteiger partial charge in [0.05, 0.1) is 7.11 Å². The van der Waals surface area contributed by atoms with E-state index in [2.05, 4.69) is 5.32 Å². The van der Waals surface area contributed by atoms with Crippen LogP contribution in [0.1, 0.15) is 38.5 Å². The number of nitrogens with one attached hydrogen (secondary N) is 1. The van der Waals surface area contributed by atoms with Gasteiger partial charge in [-0.05, 0) is 38.0 Å². The molecule has 0 aromatic heterocycles. The van der Waals surface area contributed by atoms with Crippen molar-refractivity contribution in [1.29, 1.82) is 0 Å². The van der Waals surface area contributed by atoms with Crippen molar-refractivity contribution in [3.8, 4) is 0 Å². The molecule has 1 aliphatic heterocycles. The zero-order chi connectivity index (χ0) is 11.6. The van der Waals surface area contributed by atoms with Crippen molar-refractivity contribution in [2.24, 2.45) is 5.92 Å². The number of esters is 1. The molecule has 0 spiro atoms. The number of methoxy groups -OCH3 is 1. The van der Waals surface area contributed by atoms with Crippen LogP contribution in [0.4, 0.5) is 0 Å². The fraction of sp³-hybridized carbons (Fsp3) is 0.917. The van der Waals surface area contributed by atoms with E-state index in [0.29, 0.717) is 17.8 Å². The van der Waals surface area contributed by atoms with Crippen LogP contribution in [0.2, 0.25) is 0 Å². The summed E-state index contributed by atoms with van der Waals surface area (Å²) in [5.74, 6) is 1.16. The van der Waals surface area contributed by atoms with Crippen LogP contribution in [0, 0.1) is 5.92 Å². The van der Waals surface area contributed by atoms with Gasteiger partial charge in [-0.25, -0.2) is 0 Å². The lowest BCUT2D eigenvalue weighted by molar-refractivity contribution is -0.148. The summed E-state index contributed by atoms with van der Waals surface area (Å²) in [5, 5.41) is 3.52. The molecule has 16 heavy (non-hydrogen) atoms. The monoisotopic (exact) mass is 245 g/mol. The molecule has 1 saturated heterocycles. The number of rotatable bonds is 4. The highest BCUT2D eigenvalue weighted by Crippen LogP contribution is 2.41. The number of hydrogen-bond donors (Lipinski definition) is 1. The highest BCUT2D eigenvalue weighted by Gasteiger charge is 2.51. The highest BCUT2D eigenvalue weighted by atomic mass is 35.5. The average molecular weight is 246 g/mol. The standard InChI is InChI=1S/C12H20ClNO2/c1-16-11(15)12(6-3-7-13)8-9-4-2-5-10(9)14-12/h9-10,14H,2-8H2,1H3/t9-,10-,12+/m1/s1. The average Bonchev–Trinajstić information content (AvgIpc) is 2.84. The number of carbonyl (C=O) groups is 1. The Hall–Kier alpha value is -0.280. The van der Waals surface area contributed by atoms with Crippen LogP contribution in [0.3, 0.4) is 0 Å². The van der Waals surface area contributed by atoms with E-state index in [4.69, 9.17) is 16.3 Å². The third-order valence-electron chi connectivity index (χ3n) is 4.04. The van der Waals surface area contributed by atoms with Gasteiger partial charge in [-0.1, -0.05) is 6.42 Å². The van der Waals surface area contributed by atoms with Gasteiger partial charge in [-0.3, -0.25) is 10.1 Å². The Balaban J connectivity index is 2.07. The molecule has 0 radical (unpaired) electrons. The van der Waals surface area contributed by atoms with Crippen LogP contribution in [-0.2, 0) is 9.53 Å². The molecule has 92 valence electrons. The van der Waals surface area contributed by atoms with Crippen molar-refractivity contribution in [1.82, 2.24) is 5.32 Å². The van der Waals surface area contributed by atoms with Gasteiger partial charge in [0.25, 0.3) is 0 Å². The molecule has 0 bridgehead atoms. The summed E-state index contributed by atoms with van der Waals surface area (Å²) in [6.07, 6.45) is 6.33. The molecule has 0 aromatic rings. The molecule has 1 N–H and O–H groups in total. The molecule has 2 rings (SSSR count). The molecule has 1 aliphatic carbocycles. The van der Waals surface area contributed by atoms with Gasteiger partial charge in [0.1, 0.15) is 5.54 Å². The zero-order valence-electron chi connectivity index (χ0n) is 9.80. The second-order valence-corrected chi connectivity index (χ2v) is 5.39. The predicted octanol–water partition coefficient (Wildman–Crippen LogP) is 2.08. The Bertz CT molecular complexity index is 258. The second-order valence-electron chi connectivity index (χ2n) is 5.01. The van der Waals surface area contributed by atoms with Crippen LogP contribution in [0.5, 0.6) is 0 Å². The number of halogens is 1. The Kier molecular flexibility index (Phi) is 3.75. The molecular formula is C12H20ClNO2. The molecule has 0 aromatic carbocycles. The molecule has 2 fully saturated rings. The first kappa shape index (κ1) is 12.2. The molecule has 1 heterocycles. The van der Waals surface area contributed by atoms with Crippen LogP contribution >= 0.6 is 11.6 Å². The summed E-state index contributed by atoms with van der Waals surface area (Å²) in [6, 6.07) is 0.523. The smallest absolute Gasteiger partial charge is 0.326 e. The molecule has 3 atom stereocenters.